The van der Waals surface area contributed by atoms with E-state index in [1.807, 2.05) is 6.07 Å². The largest absolute Gasteiger partial charge is 1.00 e. The number of hydrogen-bond donors (Lipinski definition) is 0. The Kier molecular flexibility index (Phi) is 10.4. The molecule has 0 N–H and O–H groups in total. The zero-order chi connectivity index (χ0) is 24.2. The van der Waals surface area contributed by atoms with E-state index in [9.17, 15) is 14.7 Å². The van der Waals surface area contributed by atoms with Crippen molar-refractivity contribution in [2.24, 2.45) is 4.99 Å². The third kappa shape index (κ3) is 6.97. The first-order valence-corrected chi connectivity index (χ1v) is 12.6. The molecule has 5 nitrogen and oxygen atoms in total. The number of nitrogens with zero attached hydrogens (tertiary/aromatic N) is 2. The van der Waals surface area contributed by atoms with E-state index in [1.165, 1.54) is 11.3 Å². The molecule has 0 radical (unpaired) electrons. The molecule has 1 aromatic carbocycles. The van der Waals surface area contributed by atoms with Crippen molar-refractivity contribution >= 4 is 63.2 Å². The maximum atomic E-state index is 12.9. The van der Waals surface area contributed by atoms with Crippen LogP contribution in [0.4, 0.5) is 0 Å². The molecule has 0 fully saturated rings. The van der Waals surface area contributed by atoms with Crippen LogP contribution in [-0.2, 0) is 6.42 Å². The molecule has 0 amide bonds. The number of ketones is 2. The summed E-state index contributed by atoms with van der Waals surface area (Å²) in [6, 6.07) is 12.0. The van der Waals surface area contributed by atoms with Gasteiger partial charge in [0.15, 0.2) is 11.6 Å². The average molecular weight is 568 g/mol. The summed E-state index contributed by atoms with van der Waals surface area (Å²) in [6.45, 7) is 1.59. The standard InChI is InChI=1S/C25H18Cl2N2O3S2.K/c1-14(17-13-33-25(24(17)32)16-4-5-18(26)19(27)10-16)29-12-21(31)23-7-6-22(34-23)20(30)9-15-3-2-8-28-11-15;/h2-8,10-11,13,32H,9,12H2,1H3;/q;+1/p-1. The van der Waals surface area contributed by atoms with Gasteiger partial charge in [0.25, 0.3) is 0 Å². The monoisotopic (exact) mass is 566 g/mol. The second-order valence-corrected chi connectivity index (χ2v) is 10.2. The van der Waals surface area contributed by atoms with Crippen LogP contribution in [0.25, 0.3) is 10.4 Å². The number of aromatic nitrogens is 1. The Morgan fingerprint density at radius 3 is 2.49 bits per heavy atom. The normalized spacial score (nSPS) is 11.2. The van der Waals surface area contributed by atoms with Crippen molar-refractivity contribution in [3.05, 3.63) is 91.2 Å². The maximum absolute atomic E-state index is 12.9. The first-order valence-electron chi connectivity index (χ1n) is 10.1. The van der Waals surface area contributed by atoms with Crippen molar-refractivity contribution in [3.8, 4) is 16.2 Å². The van der Waals surface area contributed by atoms with Gasteiger partial charge in [-0.3, -0.25) is 19.6 Å². The second-order valence-electron chi connectivity index (χ2n) is 7.39. The number of benzene rings is 1. The molecule has 3 aromatic heterocycles. The molecule has 4 rings (SSSR count). The number of aliphatic imine (C=N–C) groups is 1. The quantitative estimate of drug-likeness (QED) is 0.186. The van der Waals surface area contributed by atoms with Crippen LogP contribution in [-0.4, -0.2) is 28.8 Å². The molecular formula is C25H17Cl2KN2O3S2. The third-order valence-electron chi connectivity index (χ3n) is 5.02. The Morgan fingerprint density at radius 1 is 1.06 bits per heavy atom. The van der Waals surface area contributed by atoms with Crippen LogP contribution >= 0.6 is 45.9 Å². The summed E-state index contributed by atoms with van der Waals surface area (Å²) in [5.41, 5.74) is 2.42. The van der Waals surface area contributed by atoms with Gasteiger partial charge in [0.2, 0.25) is 0 Å². The molecule has 0 unspecified atom stereocenters. The summed E-state index contributed by atoms with van der Waals surface area (Å²) in [4.78, 5) is 35.0. The molecular weight excluding hydrogens is 550 g/mol. The minimum absolute atomic E-state index is 0. The number of halogens is 2. The maximum Gasteiger partial charge on any atom is 1.00 e. The fourth-order valence-electron chi connectivity index (χ4n) is 3.20. The Bertz CT molecular complexity index is 1400. The molecule has 0 atom stereocenters. The van der Waals surface area contributed by atoms with E-state index in [0.717, 1.165) is 16.9 Å². The fourth-order valence-corrected chi connectivity index (χ4v) is 5.36. The Labute approximate surface area is 263 Å². The van der Waals surface area contributed by atoms with Gasteiger partial charge in [-0.1, -0.05) is 41.1 Å². The summed E-state index contributed by atoms with van der Waals surface area (Å²) < 4.78 is 0. The molecule has 172 valence electrons. The average Bonchev–Trinajstić information content (AvgIpc) is 3.47. The number of Topliss-reactive ketones (excluding diaryl/α,β-unsaturated/α-hetero) is 2. The van der Waals surface area contributed by atoms with E-state index in [2.05, 4.69) is 9.98 Å². The van der Waals surface area contributed by atoms with Crippen LogP contribution in [0.1, 0.15) is 37.4 Å². The number of thiophene rings is 2. The van der Waals surface area contributed by atoms with Gasteiger partial charge in [-0.25, -0.2) is 0 Å². The minimum Gasteiger partial charge on any atom is -0.871 e. The van der Waals surface area contributed by atoms with Crippen molar-refractivity contribution in [1.29, 1.82) is 0 Å². The van der Waals surface area contributed by atoms with Gasteiger partial charge in [0.05, 0.1) is 19.8 Å². The van der Waals surface area contributed by atoms with E-state index in [0.29, 0.717) is 41.5 Å². The topological polar surface area (TPSA) is 82.5 Å². The molecule has 10 heteroatoms. The molecule has 0 aliphatic heterocycles. The molecule has 0 saturated carbocycles. The summed E-state index contributed by atoms with van der Waals surface area (Å²) in [5, 5.41) is 15.4. The second kappa shape index (κ2) is 12.9. The van der Waals surface area contributed by atoms with Crippen LogP contribution in [0.5, 0.6) is 5.75 Å². The minimum atomic E-state index is -0.211. The summed E-state index contributed by atoms with van der Waals surface area (Å²) >= 11 is 14.5. The zero-order valence-corrected chi connectivity index (χ0v) is 25.1. The van der Waals surface area contributed by atoms with Gasteiger partial charge < -0.3 is 5.11 Å². The van der Waals surface area contributed by atoms with Crippen LogP contribution < -0.4 is 56.5 Å². The molecule has 0 aliphatic carbocycles. The van der Waals surface area contributed by atoms with Gasteiger partial charge in [-0.15, -0.1) is 22.7 Å². The molecule has 35 heavy (non-hydrogen) atoms. The Hall–Kier alpha value is -1.20. The van der Waals surface area contributed by atoms with Gasteiger partial charge >= 0.3 is 51.4 Å². The summed E-state index contributed by atoms with van der Waals surface area (Å²) in [6.07, 6.45) is 3.53. The van der Waals surface area contributed by atoms with Crippen molar-refractivity contribution in [2.45, 2.75) is 13.3 Å². The summed E-state index contributed by atoms with van der Waals surface area (Å²) in [5.74, 6) is -0.450. The SMILES string of the molecule is CC(=NCC(=O)c1ccc(C(=O)Cc2cccnc2)s1)c1csc(-c2ccc(Cl)c(Cl)c2)c1[O-].[K+]. The van der Waals surface area contributed by atoms with Crippen LogP contribution in [0.3, 0.4) is 0 Å². The smallest absolute Gasteiger partial charge is 0.871 e. The van der Waals surface area contributed by atoms with E-state index in [-0.39, 0.29) is 81.7 Å². The molecule has 0 aliphatic rings. The predicted molar refractivity (Wildman–Crippen MR) is 137 cm³/mol. The van der Waals surface area contributed by atoms with Gasteiger partial charge in [0.1, 0.15) is 6.54 Å². The van der Waals surface area contributed by atoms with E-state index in [4.69, 9.17) is 23.2 Å². The Balaban J connectivity index is 0.00000342. The van der Waals surface area contributed by atoms with Crippen LogP contribution in [0.15, 0.2) is 65.2 Å². The fraction of sp³-hybridized carbons (Fsp3) is 0.120. The molecule has 0 spiro atoms. The van der Waals surface area contributed by atoms with Gasteiger partial charge in [-0.05, 0) is 59.3 Å². The number of carbonyl (C=O) groups is 2. The van der Waals surface area contributed by atoms with Crippen LogP contribution in [0, 0.1) is 0 Å². The first-order chi connectivity index (χ1) is 16.3. The van der Waals surface area contributed by atoms with Crippen molar-refractivity contribution in [3.63, 3.8) is 0 Å². The first kappa shape index (κ1) is 28.4. The van der Waals surface area contributed by atoms with E-state index >= 15 is 0 Å². The number of carbonyl (C=O) groups excluding carboxylic acids is 2. The Morgan fingerprint density at radius 2 is 1.80 bits per heavy atom. The van der Waals surface area contributed by atoms with Gasteiger partial charge in [0, 0.05) is 29.4 Å². The van der Waals surface area contributed by atoms with Crippen molar-refractivity contribution < 1.29 is 66.1 Å². The van der Waals surface area contributed by atoms with E-state index < -0.39 is 0 Å². The zero-order valence-electron chi connectivity index (χ0n) is 18.9. The molecule has 4 aromatic rings. The number of pyridine rings is 1. The van der Waals surface area contributed by atoms with Crippen molar-refractivity contribution in [1.82, 2.24) is 4.98 Å². The predicted octanol–water partition coefficient (Wildman–Crippen LogP) is 3.37. The third-order valence-corrected chi connectivity index (χ3v) is 7.94. The van der Waals surface area contributed by atoms with Crippen LogP contribution in [0.2, 0.25) is 10.0 Å². The molecule has 0 saturated heterocycles. The molecule has 3 heterocycles. The summed E-state index contributed by atoms with van der Waals surface area (Å²) in [7, 11) is 0. The van der Waals surface area contributed by atoms with Gasteiger partial charge in [-0.2, -0.15) is 0 Å². The van der Waals surface area contributed by atoms with Crippen molar-refractivity contribution in [2.75, 3.05) is 6.54 Å². The number of rotatable bonds is 8. The van der Waals surface area contributed by atoms with E-state index in [1.54, 1.807) is 61.1 Å². The number of hydrogen-bond acceptors (Lipinski definition) is 7. The molecule has 0 bridgehead atoms.